The van der Waals surface area contributed by atoms with E-state index in [2.05, 4.69) is 10.6 Å². The summed E-state index contributed by atoms with van der Waals surface area (Å²) >= 11 is 0. The second-order valence-corrected chi connectivity index (χ2v) is 3.94. The van der Waals surface area contributed by atoms with Crippen molar-refractivity contribution in [3.05, 3.63) is 0 Å². The second kappa shape index (κ2) is 6.44. The fourth-order valence-electron chi connectivity index (χ4n) is 1.65. The highest BCUT2D eigenvalue weighted by Gasteiger charge is 2.20. The number of hydrogen-bond donors (Lipinski definition) is 4. The van der Waals surface area contributed by atoms with Crippen LogP contribution in [0.25, 0.3) is 0 Å². The largest absolute Gasteiger partial charge is 0.479 e. The van der Waals surface area contributed by atoms with Crippen molar-refractivity contribution in [1.82, 2.24) is 10.6 Å². The fraction of sp³-hybridized carbons (Fsp3) is 0.800. The molecule has 0 bridgehead atoms. The van der Waals surface area contributed by atoms with Gasteiger partial charge in [-0.15, -0.1) is 0 Å². The average molecular weight is 230 g/mol. The van der Waals surface area contributed by atoms with Gasteiger partial charge in [-0.25, -0.2) is 4.79 Å². The molecule has 16 heavy (non-hydrogen) atoms. The van der Waals surface area contributed by atoms with Gasteiger partial charge in [-0.3, -0.25) is 4.79 Å². The molecule has 1 unspecified atom stereocenters. The predicted octanol–water partition coefficient (Wildman–Crippen LogP) is -0.920. The molecule has 2 atom stereocenters. The van der Waals surface area contributed by atoms with E-state index in [1.54, 1.807) is 0 Å². The first-order chi connectivity index (χ1) is 7.61. The van der Waals surface area contributed by atoms with Gasteiger partial charge < -0.3 is 20.8 Å². The van der Waals surface area contributed by atoms with Crippen LogP contribution in [-0.4, -0.2) is 47.3 Å². The van der Waals surface area contributed by atoms with Crippen LogP contribution in [-0.2, 0) is 9.59 Å². The molecule has 0 radical (unpaired) electrons. The summed E-state index contributed by atoms with van der Waals surface area (Å²) in [5, 5.41) is 23.1. The second-order valence-electron chi connectivity index (χ2n) is 3.94. The number of rotatable bonds is 5. The highest BCUT2D eigenvalue weighted by Crippen LogP contribution is 2.06. The number of aliphatic hydroxyl groups is 1. The number of hydrogen-bond acceptors (Lipinski definition) is 4. The van der Waals surface area contributed by atoms with E-state index in [4.69, 9.17) is 10.2 Å². The van der Waals surface area contributed by atoms with Crippen molar-refractivity contribution in [2.45, 2.75) is 37.8 Å². The Balaban J connectivity index is 2.16. The van der Waals surface area contributed by atoms with Gasteiger partial charge in [0, 0.05) is 13.0 Å². The van der Waals surface area contributed by atoms with E-state index in [-0.39, 0.29) is 24.9 Å². The number of amides is 1. The maximum absolute atomic E-state index is 11.5. The molecule has 4 N–H and O–H groups in total. The number of carbonyl (C=O) groups excluding carboxylic acids is 1. The van der Waals surface area contributed by atoms with Gasteiger partial charge in [0.2, 0.25) is 5.91 Å². The lowest BCUT2D eigenvalue weighted by Gasteiger charge is -2.22. The number of carbonyl (C=O) groups is 2. The van der Waals surface area contributed by atoms with Gasteiger partial charge in [-0.1, -0.05) is 6.42 Å². The number of aliphatic carboxylic acids is 1. The van der Waals surface area contributed by atoms with Gasteiger partial charge in [-0.2, -0.15) is 0 Å². The minimum atomic E-state index is -1.40. The van der Waals surface area contributed by atoms with Crippen molar-refractivity contribution in [2.24, 2.45) is 0 Å². The molecule has 1 aliphatic heterocycles. The normalized spacial score (nSPS) is 22.4. The van der Waals surface area contributed by atoms with Crippen LogP contribution in [0, 0.1) is 0 Å². The standard InChI is InChI=1S/C10H18N2O4/c13-8(10(15)16)4-6-12-9(14)7-3-1-2-5-11-7/h7-8,11,13H,1-6H2,(H,12,14)(H,15,16)/t7-,8?/m0/s1. The summed E-state index contributed by atoms with van der Waals surface area (Å²) in [6.45, 7) is 1.03. The average Bonchev–Trinajstić information content (AvgIpc) is 2.29. The summed E-state index contributed by atoms with van der Waals surface area (Å²) in [7, 11) is 0. The summed E-state index contributed by atoms with van der Waals surface area (Å²) in [5.74, 6) is -1.37. The van der Waals surface area contributed by atoms with E-state index in [0.29, 0.717) is 0 Å². The minimum Gasteiger partial charge on any atom is -0.479 e. The van der Waals surface area contributed by atoms with E-state index < -0.39 is 12.1 Å². The molecular weight excluding hydrogens is 212 g/mol. The van der Waals surface area contributed by atoms with Crippen LogP contribution in [0.1, 0.15) is 25.7 Å². The van der Waals surface area contributed by atoms with Crippen molar-refractivity contribution < 1.29 is 19.8 Å². The molecule has 0 aromatic heterocycles. The van der Waals surface area contributed by atoms with Gasteiger partial charge in [0.15, 0.2) is 6.10 Å². The molecule has 1 heterocycles. The zero-order valence-electron chi connectivity index (χ0n) is 9.11. The first-order valence-corrected chi connectivity index (χ1v) is 5.53. The first-order valence-electron chi connectivity index (χ1n) is 5.53. The van der Waals surface area contributed by atoms with E-state index >= 15 is 0 Å². The zero-order chi connectivity index (χ0) is 12.0. The van der Waals surface area contributed by atoms with Gasteiger partial charge in [0.25, 0.3) is 0 Å². The topological polar surface area (TPSA) is 98.7 Å². The molecule has 0 aromatic carbocycles. The number of piperidine rings is 1. The Morgan fingerprint density at radius 3 is 2.75 bits per heavy atom. The van der Waals surface area contributed by atoms with Crippen molar-refractivity contribution in [1.29, 1.82) is 0 Å². The summed E-state index contributed by atoms with van der Waals surface area (Å²) in [6.07, 6.45) is 1.56. The Labute approximate surface area is 94.0 Å². The molecule has 0 aromatic rings. The molecule has 0 aliphatic carbocycles. The lowest BCUT2D eigenvalue weighted by atomic mass is 10.0. The van der Waals surface area contributed by atoms with Gasteiger partial charge in [0.1, 0.15) is 0 Å². The van der Waals surface area contributed by atoms with Crippen molar-refractivity contribution in [3.63, 3.8) is 0 Å². The summed E-state index contributed by atoms with van der Waals surface area (Å²) in [5.41, 5.74) is 0. The maximum Gasteiger partial charge on any atom is 0.332 e. The number of aliphatic hydroxyl groups excluding tert-OH is 1. The van der Waals surface area contributed by atoms with Crippen LogP contribution < -0.4 is 10.6 Å². The minimum absolute atomic E-state index is 0.0355. The van der Waals surface area contributed by atoms with E-state index in [9.17, 15) is 9.59 Å². The van der Waals surface area contributed by atoms with Crippen molar-refractivity contribution >= 4 is 11.9 Å². The Kier molecular flexibility index (Phi) is 5.21. The molecule has 0 saturated carbocycles. The molecule has 1 aliphatic rings. The highest BCUT2D eigenvalue weighted by molar-refractivity contribution is 5.81. The Hall–Kier alpha value is -1.14. The number of carboxylic acid groups (broad SMARTS) is 1. The summed E-state index contributed by atoms with van der Waals surface area (Å²) in [6, 6.07) is -0.171. The van der Waals surface area contributed by atoms with Crippen LogP contribution in [0.3, 0.4) is 0 Å². The zero-order valence-corrected chi connectivity index (χ0v) is 9.11. The highest BCUT2D eigenvalue weighted by atomic mass is 16.4. The van der Waals surface area contributed by atoms with Crippen molar-refractivity contribution in [2.75, 3.05) is 13.1 Å². The van der Waals surface area contributed by atoms with Crippen LogP contribution in [0.4, 0.5) is 0 Å². The third kappa shape index (κ3) is 4.16. The fourth-order valence-corrected chi connectivity index (χ4v) is 1.65. The van der Waals surface area contributed by atoms with E-state index in [1.165, 1.54) is 0 Å². The van der Waals surface area contributed by atoms with Crippen LogP contribution >= 0.6 is 0 Å². The lowest BCUT2D eigenvalue weighted by Crippen LogP contribution is -2.47. The Morgan fingerprint density at radius 2 is 2.19 bits per heavy atom. The SMILES string of the molecule is O=C(O)C(O)CCNC(=O)[C@@H]1CCCCN1. The third-order valence-corrected chi connectivity index (χ3v) is 2.63. The molecule has 1 amide bonds. The maximum atomic E-state index is 11.5. The molecular formula is C10H18N2O4. The molecule has 1 saturated heterocycles. The van der Waals surface area contributed by atoms with Crippen LogP contribution in [0.15, 0.2) is 0 Å². The van der Waals surface area contributed by atoms with Gasteiger partial charge in [-0.05, 0) is 19.4 Å². The van der Waals surface area contributed by atoms with Crippen LogP contribution in [0.5, 0.6) is 0 Å². The molecule has 6 heteroatoms. The molecule has 6 nitrogen and oxygen atoms in total. The smallest absolute Gasteiger partial charge is 0.332 e. The number of nitrogens with one attached hydrogen (secondary N) is 2. The van der Waals surface area contributed by atoms with Crippen molar-refractivity contribution in [3.8, 4) is 0 Å². The first kappa shape index (κ1) is 12.9. The molecule has 1 rings (SSSR count). The summed E-state index contributed by atoms with van der Waals surface area (Å²) in [4.78, 5) is 21.8. The third-order valence-electron chi connectivity index (χ3n) is 2.63. The molecule has 92 valence electrons. The Morgan fingerprint density at radius 1 is 1.44 bits per heavy atom. The lowest BCUT2D eigenvalue weighted by molar-refractivity contribution is -0.147. The Bertz CT molecular complexity index is 251. The molecule has 1 fully saturated rings. The van der Waals surface area contributed by atoms with Gasteiger partial charge in [0.05, 0.1) is 6.04 Å². The van der Waals surface area contributed by atoms with Crippen LogP contribution in [0.2, 0.25) is 0 Å². The monoisotopic (exact) mass is 230 g/mol. The van der Waals surface area contributed by atoms with Gasteiger partial charge >= 0.3 is 5.97 Å². The summed E-state index contributed by atoms with van der Waals surface area (Å²) < 4.78 is 0. The van der Waals surface area contributed by atoms with E-state index in [1.807, 2.05) is 0 Å². The predicted molar refractivity (Wildman–Crippen MR) is 56.9 cm³/mol. The molecule has 0 spiro atoms. The van der Waals surface area contributed by atoms with E-state index in [0.717, 1.165) is 25.8 Å². The quantitative estimate of drug-likeness (QED) is 0.489. The number of carboxylic acids is 1.